The first-order valence-electron chi connectivity index (χ1n) is 5.13. The maximum Gasteiger partial charge on any atom is 0.116 e. The molecule has 2 rings (SSSR count). The number of anilines is 1. The van der Waals surface area contributed by atoms with Gasteiger partial charge in [0.25, 0.3) is 0 Å². The van der Waals surface area contributed by atoms with E-state index in [-0.39, 0.29) is 5.41 Å². The van der Waals surface area contributed by atoms with Crippen LogP contribution in [0.3, 0.4) is 0 Å². The molecule has 2 heteroatoms. The van der Waals surface area contributed by atoms with Crippen LogP contribution in [0.1, 0.15) is 26.3 Å². The van der Waals surface area contributed by atoms with E-state index < -0.39 is 0 Å². The maximum absolute atomic E-state index is 9.47. The molecule has 0 aromatic heterocycles. The van der Waals surface area contributed by atoms with Crippen molar-refractivity contribution in [2.24, 2.45) is 0 Å². The normalized spacial score (nSPS) is 18.4. The van der Waals surface area contributed by atoms with Gasteiger partial charge in [0, 0.05) is 24.2 Å². The summed E-state index contributed by atoms with van der Waals surface area (Å²) < 4.78 is 0. The highest BCUT2D eigenvalue weighted by atomic mass is 16.3. The highest BCUT2D eigenvalue weighted by Gasteiger charge is 2.34. The Hall–Kier alpha value is -1.18. The molecule has 2 nitrogen and oxygen atoms in total. The summed E-state index contributed by atoms with van der Waals surface area (Å²) in [7, 11) is 0. The van der Waals surface area contributed by atoms with E-state index >= 15 is 0 Å². The summed E-state index contributed by atoms with van der Waals surface area (Å²) in [6, 6.07) is 5.68. The second kappa shape index (κ2) is 2.91. The Bertz CT molecular complexity index is 357. The highest BCUT2D eigenvalue weighted by molar-refractivity contribution is 5.63. The SMILES string of the molecule is CCN1CC(C)(C)c2cc(O)ccc21. The number of aromatic hydroxyl groups is 1. The Morgan fingerprint density at radius 3 is 2.79 bits per heavy atom. The number of hydrogen-bond donors (Lipinski definition) is 1. The molecule has 0 saturated carbocycles. The molecule has 0 saturated heterocycles. The molecule has 0 bridgehead atoms. The van der Waals surface area contributed by atoms with Gasteiger partial charge in [-0.15, -0.1) is 0 Å². The number of hydrogen-bond acceptors (Lipinski definition) is 2. The fourth-order valence-electron chi connectivity index (χ4n) is 2.27. The summed E-state index contributed by atoms with van der Waals surface area (Å²) in [5.41, 5.74) is 2.69. The largest absolute Gasteiger partial charge is 0.508 e. The number of phenolic OH excluding ortho intramolecular Hbond substituents is 1. The van der Waals surface area contributed by atoms with Crippen molar-refractivity contribution in [1.82, 2.24) is 0 Å². The second-order valence-corrected chi connectivity index (χ2v) is 4.60. The van der Waals surface area contributed by atoms with Gasteiger partial charge in [-0.05, 0) is 30.7 Å². The summed E-state index contributed by atoms with van der Waals surface area (Å²) in [6.45, 7) is 8.68. The maximum atomic E-state index is 9.47. The van der Waals surface area contributed by atoms with Crippen LogP contribution in [0, 0.1) is 0 Å². The minimum Gasteiger partial charge on any atom is -0.508 e. The summed E-state index contributed by atoms with van der Waals surface area (Å²) in [4.78, 5) is 2.36. The van der Waals surface area contributed by atoms with E-state index in [1.54, 1.807) is 6.07 Å². The fourth-order valence-corrected chi connectivity index (χ4v) is 2.27. The zero-order valence-corrected chi connectivity index (χ0v) is 9.04. The standard InChI is InChI=1S/C12H17NO/c1-4-13-8-12(2,3)10-7-9(14)5-6-11(10)13/h5-7,14H,4,8H2,1-3H3. The summed E-state index contributed by atoms with van der Waals surface area (Å²) in [6.07, 6.45) is 0. The molecule has 1 aromatic carbocycles. The van der Waals surface area contributed by atoms with E-state index in [1.807, 2.05) is 12.1 Å². The Balaban J connectivity index is 2.54. The Labute approximate surface area is 85.2 Å². The van der Waals surface area contributed by atoms with Gasteiger partial charge in [0.15, 0.2) is 0 Å². The van der Waals surface area contributed by atoms with Crippen molar-refractivity contribution in [2.45, 2.75) is 26.2 Å². The third-order valence-electron chi connectivity index (χ3n) is 3.02. The third kappa shape index (κ3) is 1.26. The molecule has 0 aliphatic carbocycles. The number of phenols is 1. The lowest BCUT2D eigenvalue weighted by Gasteiger charge is -2.20. The molecule has 0 spiro atoms. The summed E-state index contributed by atoms with van der Waals surface area (Å²) in [5.74, 6) is 0.370. The second-order valence-electron chi connectivity index (χ2n) is 4.60. The minimum atomic E-state index is 0.157. The molecular weight excluding hydrogens is 174 g/mol. The average Bonchev–Trinajstić information content (AvgIpc) is 2.38. The van der Waals surface area contributed by atoms with E-state index in [1.165, 1.54) is 11.3 Å². The molecule has 0 fully saturated rings. The van der Waals surface area contributed by atoms with Crippen molar-refractivity contribution in [3.05, 3.63) is 23.8 Å². The molecule has 1 aliphatic rings. The zero-order valence-electron chi connectivity index (χ0n) is 9.04. The quantitative estimate of drug-likeness (QED) is 0.737. The first-order valence-corrected chi connectivity index (χ1v) is 5.13. The molecule has 0 atom stereocenters. The van der Waals surface area contributed by atoms with Gasteiger partial charge >= 0.3 is 0 Å². The van der Waals surface area contributed by atoms with Crippen molar-refractivity contribution < 1.29 is 5.11 Å². The zero-order chi connectivity index (χ0) is 10.3. The van der Waals surface area contributed by atoms with E-state index in [0.29, 0.717) is 5.75 Å². The number of likely N-dealkylation sites (N-methyl/N-ethyl adjacent to an activating group) is 1. The highest BCUT2D eigenvalue weighted by Crippen LogP contribution is 2.41. The Morgan fingerprint density at radius 1 is 1.43 bits per heavy atom. The number of nitrogens with zero attached hydrogens (tertiary/aromatic N) is 1. The van der Waals surface area contributed by atoms with E-state index in [4.69, 9.17) is 0 Å². The number of benzene rings is 1. The van der Waals surface area contributed by atoms with Crippen molar-refractivity contribution >= 4 is 5.69 Å². The van der Waals surface area contributed by atoms with Crippen molar-refractivity contribution in [3.8, 4) is 5.75 Å². The summed E-state index contributed by atoms with van der Waals surface area (Å²) in [5, 5.41) is 9.47. The van der Waals surface area contributed by atoms with E-state index in [0.717, 1.165) is 13.1 Å². The third-order valence-corrected chi connectivity index (χ3v) is 3.02. The van der Waals surface area contributed by atoms with Gasteiger partial charge in [-0.3, -0.25) is 0 Å². The van der Waals surface area contributed by atoms with Crippen LogP contribution < -0.4 is 4.90 Å². The van der Waals surface area contributed by atoms with Crippen molar-refractivity contribution in [3.63, 3.8) is 0 Å². The van der Waals surface area contributed by atoms with Crippen molar-refractivity contribution in [1.29, 1.82) is 0 Å². The van der Waals surface area contributed by atoms with E-state index in [2.05, 4.69) is 25.7 Å². The molecule has 1 heterocycles. The molecule has 0 radical (unpaired) electrons. The van der Waals surface area contributed by atoms with Crippen LogP contribution in [0.5, 0.6) is 5.75 Å². The first kappa shape index (κ1) is 9.38. The molecular formula is C12H17NO. The van der Waals surface area contributed by atoms with Gasteiger partial charge in [-0.2, -0.15) is 0 Å². The lowest BCUT2D eigenvalue weighted by Crippen LogP contribution is -2.28. The van der Waals surface area contributed by atoms with Crippen molar-refractivity contribution in [2.75, 3.05) is 18.0 Å². The monoisotopic (exact) mass is 191 g/mol. The van der Waals surface area contributed by atoms with Crippen LogP contribution in [-0.4, -0.2) is 18.2 Å². The molecule has 1 aliphatic heterocycles. The molecule has 1 N–H and O–H groups in total. The van der Waals surface area contributed by atoms with Crippen LogP contribution in [0.2, 0.25) is 0 Å². The van der Waals surface area contributed by atoms with Gasteiger partial charge in [-0.1, -0.05) is 13.8 Å². The topological polar surface area (TPSA) is 23.5 Å². The number of fused-ring (bicyclic) bond motifs is 1. The lowest BCUT2D eigenvalue weighted by molar-refractivity contribution is 0.471. The average molecular weight is 191 g/mol. The lowest BCUT2D eigenvalue weighted by atomic mass is 9.87. The predicted molar refractivity (Wildman–Crippen MR) is 59.0 cm³/mol. The molecule has 0 amide bonds. The molecule has 14 heavy (non-hydrogen) atoms. The molecule has 0 unspecified atom stereocenters. The van der Waals surface area contributed by atoms with Crippen LogP contribution in [0.25, 0.3) is 0 Å². The molecule has 1 aromatic rings. The number of rotatable bonds is 1. The van der Waals surface area contributed by atoms with Crippen LogP contribution in [0.4, 0.5) is 5.69 Å². The van der Waals surface area contributed by atoms with Crippen LogP contribution in [-0.2, 0) is 5.41 Å². The predicted octanol–water partition coefficient (Wildman–Crippen LogP) is 2.51. The van der Waals surface area contributed by atoms with Crippen LogP contribution in [0.15, 0.2) is 18.2 Å². The van der Waals surface area contributed by atoms with Gasteiger partial charge in [0.1, 0.15) is 5.75 Å². The Kier molecular flexibility index (Phi) is 1.95. The van der Waals surface area contributed by atoms with Gasteiger partial charge in [-0.25, -0.2) is 0 Å². The first-order chi connectivity index (χ1) is 6.54. The Morgan fingerprint density at radius 2 is 2.14 bits per heavy atom. The van der Waals surface area contributed by atoms with Gasteiger partial charge in [0.05, 0.1) is 0 Å². The molecule has 76 valence electrons. The van der Waals surface area contributed by atoms with E-state index in [9.17, 15) is 5.11 Å². The smallest absolute Gasteiger partial charge is 0.116 e. The fraction of sp³-hybridized carbons (Fsp3) is 0.500. The van der Waals surface area contributed by atoms with Crippen LogP contribution >= 0.6 is 0 Å². The summed E-state index contributed by atoms with van der Waals surface area (Å²) >= 11 is 0. The van der Waals surface area contributed by atoms with Gasteiger partial charge in [0.2, 0.25) is 0 Å². The van der Waals surface area contributed by atoms with Gasteiger partial charge < -0.3 is 10.0 Å². The minimum absolute atomic E-state index is 0.157.